The van der Waals surface area contributed by atoms with E-state index in [-0.39, 0.29) is 6.03 Å². The van der Waals surface area contributed by atoms with E-state index in [1.54, 1.807) is 6.20 Å². The number of nitrogens with one attached hydrogen (secondary N) is 2. The van der Waals surface area contributed by atoms with Crippen molar-refractivity contribution in [1.82, 2.24) is 15.2 Å². The molecule has 0 saturated carbocycles. The molecule has 0 aliphatic carbocycles. The van der Waals surface area contributed by atoms with E-state index < -0.39 is 0 Å². The van der Waals surface area contributed by atoms with E-state index >= 15 is 0 Å². The maximum Gasteiger partial charge on any atom is 0.319 e. The summed E-state index contributed by atoms with van der Waals surface area (Å²) >= 11 is 0. The lowest BCUT2D eigenvalue weighted by Crippen LogP contribution is -2.39. The van der Waals surface area contributed by atoms with Gasteiger partial charge < -0.3 is 20.3 Å². The van der Waals surface area contributed by atoms with Crippen molar-refractivity contribution in [1.29, 1.82) is 0 Å². The van der Waals surface area contributed by atoms with Crippen molar-refractivity contribution < 1.29 is 9.53 Å². The maximum atomic E-state index is 12.1. The quantitative estimate of drug-likeness (QED) is 0.744. The molecule has 0 bridgehead atoms. The highest BCUT2D eigenvalue weighted by Crippen LogP contribution is 2.21. The number of rotatable bonds is 7. The zero-order chi connectivity index (χ0) is 19.8. The molecule has 1 aromatic carbocycles. The van der Waals surface area contributed by atoms with E-state index in [2.05, 4.69) is 27.4 Å². The van der Waals surface area contributed by atoms with Crippen molar-refractivity contribution in [3.63, 3.8) is 0 Å². The van der Waals surface area contributed by atoms with Gasteiger partial charge in [0.2, 0.25) is 5.88 Å². The molecule has 1 aromatic heterocycles. The summed E-state index contributed by atoms with van der Waals surface area (Å²) in [4.78, 5) is 18.9. The van der Waals surface area contributed by atoms with Gasteiger partial charge in [-0.3, -0.25) is 0 Å². The van der Waals surface area contributed by atoms with E-state index in [0.29, 0.717) is 24.1 Å². The Kier molecular flexibility index (Phi) is 7.25. The van der Waals surface area contributed by atoms with Crippen molar-refractivity contribution in [2.45, 2.75) is 33.1 Å². The van der Waals surface area contributed by atoms with E-state index in [4.69, 9.17) is 4.74 Å². The van der Waals surface area contributed by atoms with Gasteiger partial charge in [-0.15, -0.1) is 0 Å². The number of carbonyl (C=O) groups is 1. The molecule has 1 aliphatic rings. The Labute approximate surface area is 167 Å². The Morgan fingerprint density at radius 2 is 1.89 bits per heavy atom. The number of aryl methyl sites for hydroxylation is 1. The Morgan fingerprint density at radius 1 is 1.14 bits per heavy atom. The van der Waals surface area contributed by atoms with Crippen molar-refractivity contribution in [3.8, 4) is 11.6 Å². The minimum Gasteiger partial charge on any atom is -0.439 e. The van der Waals surface area contributed by atoms with Gasteiger partial charge in [-0.1, -0.05) is 19.4 Å². The number of hydrogen-bond donors (Lipinski definition) is 2. The highest BCUT2D eigenvalue weighted by atomic mass is 16.5. The number of carbonyl (C=O) groups excluding carboxylic acids is 1. The standard InChI is InChI=1S/C22H30N4O2/c1-17-6-11-21(23-14-17)28-20-9-7-19(8-10-20)25-22(27)24-15-18(2)16-26-12-4-3-5-13-26/h6-11,14,18H,3-5,12-13,15-16H2,1-2H3,(H2,24,25,27). The van der Waals surface area contributed by atoms with Gasteiger partial charge in [0.1, 0.15) is 5.75 Å². The molecule has 1 atom stereocenters. The van der Waals surface area contributed by atoms with Gasteiger partial charge in [-0.25, -0.2) is 9.78 Å². The number of urea groups is 1. The van der Waals surface area contributed by atoms with Crippen molar-refractivity contribution in [3.05, 3.63) is 48.2 Å². The number of aromatic nitrogens is 1. The second-order valence-corrected chi connectivity index (χ2v) is 7.60. The van der Waals surface area contributed by atoms with Crippen LogP contribution >= 0.6 is 0 Å². The normalized spacial score (nSPS) is 15.6. The molecular formula is C22H30N4O2. The SMILES string of the molecule is Cc1ccc(Oc2ccc(NC(=O)NCC(C)CN3CCCCC3)cc2)nc1. The lowest BCUT2D eigenvalue weighted by Gasteiger charge is -2.29. The molecule has 6 heteroatoms. The van der Waals surface area contributed by atoms with Gasteiger partial charge in [0, 0.05) is 31.0 Å². The molecule has 1 fully saturated rings. The number of benzene rings is 1. The number of nitrogens with zero attached hydrogens (tertiary/aromatic N) is 2. The van der Waals surface area contributed by atoms with Crippen LogP contribution in [0.25, 0.3) is 0 Å². The predicted octanol–water partition coefficient (Wildman–Crippen LogP) is 4.43. The van der Waals surface area contributed by atoms with E-state index in [9.17, 15) is 4.79 Å². The summed E-state index contributed by atoms with van der Waals surface area (Å²) in [6, 6.07) is 10.9. The first kappa shape index (κ1) is 20.1. The summed E-state index contributed by atoms with van der Waals surface area (Å²) in [7, 11) is 0. The smallest absolute Gasteiger partial charge is 0.319 e. The van der Waals surface area contributed by atoms with Gasteiger partial charge in [0.15, 0.2) is 0 Å². The summed E-state index contributed by atoms with van der Waals surface area (Å²) < 4.78 is 5.70. The lowest BCUT2D eigenvalue weighted by molar-refractivity contribution is 0.198. The zero-order valence-corrected chi connectivity index (χ0v) is 16.8. The minimum atomic E-state index is -0.181. The summed E-state index contributed by atoms with van der Waals surface area (Å²) in [5.41, 5.74) is 1.81. The molecule has 1 unspecified atom stereocenters. The lowest BCUT2D eigenvalue weighted by atomic mass is 10.1. The van der Waals surface area contributed by atoms with Crippen LogP contribution in [0.4, 0.5) is 10.5 Å². The van der Waals surface area contributed by atoms with Crippen LogP contribution in [0.5, 0.6) is 11.6 Å². The molecule has 28 heavy (non-hydrogen) atoms. The molecule has 1 aliphatic heterocycles. The Balaban J connectivity index is 1.40. The first-order chi connectivity index (χ1) is 13.6. The number of anilines is 1. The molecule has 2 aromatic rings. The summed E-state index contributed by atoms with van der Waals surface area (Å²) in [5, 5.41) is 5.83. The highest BCUT2D eigenvalue weighted by Gasteiger charge is 2.14. The van der Waals surface area contributed by atoms with Gasteiger partial charge in [0.05, 0.1) is 0 Å². The maximum absolute atomic E-state index is 12.1. The third kappa shape index (κ3) is 6.53. The van der Waals surface area contributed by atoms with Crippen LogP contribution in [-0.2, 0) is 0 Å². The molecule has 0 radical (unpaired) electrons. The fourth-order valence-electron chi connectivity index (χ4n) is 3.33. The molecule has 3 rings (SSSR count). The van der Waals surface area contributed by atoms with Crippen molar-refractivity contribution >= 4 is 11.7 Å². The molecule has 150 valence electrons. The summed E-state index contributed by atoms with van der Waals surface area (Å²) in [6.07, 6.45) is 5.69. The van der Waals surface area contributed by atoms with Crippen LogP contribution in [0.1, 0.15) is 31.7 Å². The molecule has 0 spiro atoms. The number of pyridine rings is 1. The fourth-order valence-corrected chi connectivity index (χ4v) is 3.33. The van der Waals surface area contributed by atoms with Crippen LogP contribution in [-0.4, -0.2) is 42.1 Å². The highest BCUT2D eigenvalue weighted by molar-refractivity contribution is 5.89. The molecule has 6 nitrogen and oxygen atoms in total. The number of ether oxygens (including phenoxy) is 1. The molecule has 2 N–H and O–H groups in total. The first-order valence-corrected chi connectivity index (χ1v) is 10.1. The summed E-state index contributed by atoms with van der Waals surface area (Å²) in [6.45, 7) is 8.24. The molecule has 1 saturated heterocycles. The van der Waals surface area contributed by atoms with Gasteiger partial charge in [-0.05, 0) is 68.6 Å². The first-order valence-electron chi connectivity index (χ1n) is 10.1. The zero-order valence-electron chi connectivity index (χ0n) is 16.8. The van der Waals surface area contributed by atoms with E-state index in [1.807, 2.05) is 43.3 Å². The van der Waals surface area contributed by atoms with E-state index in [1.165, 1.54) is 32.4 Å². The third-order valence-electron chi connectivity index (χ3n) is 4.85. The van der Waals surface area contributed by atoms with Crippen molar-refractivity contribution in [2.24, 2.45) is 5.92 Å². The second-order valence-electron chi connectivity index (χ2n) is 7.60. The topological polar surface area (TPSA) is 66.5 Å². The number of hydrogen-bond acceptors (Lipinski definition) is 4. The van der Waals surface area contributed by atoms with Crippen LogP contribution in [0.15, 0.2) is 42.6 Å². The number of amides is 2. The van der Waals surface area contributed by atoms with Crippen molar-refractivity contribution in [2.75, 3.05) is 31.5 Å². The Bertz CT molecular complexity index is 740. The molecule has 2 heterocycles. The average molecular weight is 383 g/mol. The largest absolute Gasteiger partial charge is 0.439 e. The van der Waals surface area contributed by atoms with E-state index in [0.717, 1.165) is 17.8 Å². The number of piperidine rings is 1. The van der Waals surface area contributed by atoms with Crippen LogP contribution in [0.3, 0.4) is 0 Å². The second kappa shape index (κ2) is 10.1. The Hall–Kier alpha value is -2.60. The average Bonchev–Trinajstić information content (AvgIpc) is 2.70. The fraction of sp³-hybridized carbons (Fsp3) is 0.455. The number of likely N-dealkylation sites (tertiary alicyclic amines) is 1. The van der Waals surface area contributed by atoms with Gasteiger partial charge in [-0.2, -0.15) is 0 Å². The van der Waals surface area contributed by atoms with Gasteiger partial charge in [0.25, 0.3) is 0 Å². The Morgan fingerprint density at radius 3 is 2.57 bits per heavy atom. The monoisotopic (exact) mass is 382 g/mol. The van der Waals surface area contributed by atoms with Crippen LogP contribution in [0.2, 0.25) is 0 Å². The molecular weight excluding hydrogens is 352 g/mol. The minimum absolute atomic E-state index is 0.181. The van der Waals surface area contributed by atoms with Crippen LogP contribution in [0, 0.1) is 12.8 Å². The summed E-state index contributed by atoms with van der Waals surface area (Å²) in [5.74, 6) is 1.66. The van der Waals surface area contributed by atoms with Crippen LogP contribution < -0.4 is 15.4 Å². The molecule has 2 amide bonds. The predicted molar refractivity (Wildman–Crippen MR) is 112 cm³/mol. The third-order valence-corrected chi connectivity index (χ3v) is 4.85. The van der Waals surface area contributed by atoms with Gasteiger partial charge >= 0.3 is 6.03 Å².